The van der Waals surface area contributed by atoms with Crippen molar-refractivity contribution in [2.45, 2.75) is 202 Å². The number of para-hydroxylation sites is 2. The van der Waals surface area contributed by atoms with Gasteiger partial charge in [0.1, 0.15) is 97.7 Å². The van der Waals surface area contributed by atoms with Gasteiger partial charge >= 0.3 is 55.4 Å². The van der Waals surface area contributed by atoms with Crippen LogP contribution in [0, 0.1) is 12.1 Å². The third kappa shape index (κ3) is 29.0. The maximum absolute atomic E-state index is 10.7. The number of hydrogen-bond acceptors (Lipinski definition) is 26. The fourth-order valence-corrected chi connectivity index (χ4v) is 19.6. The molecule has 4 saturated heterocycles. The average Bonchev–Trinajstić information content (AvgIpc) is 0.784. The predicted molar refractivity (Wildman–Crippen MR) is 470 cm³/mol. The van der Waals surface area contributed by atoms with Crippen LogP contribution in [-0.2, 0) is 74.3 Å². The predicted octanol–water partition coefficient (Wildman–Crippen LogP) is 7.63. The van der Waals surface area contributed by atoms with E-state index < -0.39 is 149 Å². The van der Waals surface area contributed by atoms with Gasteiger partial charge in [-0.3, -0.25) is 0 Å². The zero-order valence-corrected chi connectivity index (χ0v) is 76.5. The number of aliphatic imine (C=N–C) groups is 2. The summed E-state index contributed by atoms with van der Waals surface area (Å²) in [7, 11) is 8.28. The topological polar surface area (TPSA) is 400 Å². The van der Waals surface area contributed by atoms with Gasteiger partial charge in [-0.2, -0.15) is 0 Å². The third-order valence-electron chi connectivity index (χ3n) is 21.0. The Hall–Kier alpha value is -5.42. The van der Waals surface area contributed by atoms with Crippen molar-refractivity contribution in [3.63, 3.8) is 0 Å². The van der Waals surface area contributed by atoms with E-state index in [9.17, 15) is 71.5 Å². The van der Waals surface area contributed by atoms with E-state index >= 15 is 0 Å². The molecule has 0 aliphatic carbocycles. The van der Waals surface area contributed by atoms with E-state index in [1.165, 1.54) is 55.8 Å². The molecule has 0 aromatic heterocycles. The molecule has 12 rings (SSSR count). The molecule has 4 heterocycles. The van der Waals surface area contributed by atoms with Gasteiger partial charge in [0.2, 0.25) is 0 Å². The zero-order chi connectivity index (χ0) is 90.1. The first kappa shape index (κ1) is 104. The second-order valence-electron chi connectivity index (χ2n) is 30.8. The van der Waals surface area contributed by atoms with Gasteiger partial charge < -0.3 is 129 Å². The Balaban J connectivity index is 0.000000232. The number of halogens is 2. The fourth-order valence-electron chi connectivity index (χ4n) is 14.3. The molecule has 32 heteroatoms. The Bertz CT molecular complexity index is 3970. The van der Waals surface area contributed by atoms with E-state index in [1.54, 1.807) is 36.7 Å². The normalized spacial score (nSPS) is 26.4. The van der Waals surface area contributed by atoms with Crippen LogP contribution in [0.5, 0.6) is 11.5 Å². The van der Waals surface area contributed by atoms with Crippen LogP contribution in [0.3, 0.4) is 0 Å². The number of ether oxygens (including phenoxy) is 10. The minimum absolute atomic E-state index is 0.0436. The van der Waals surface area contributed by atoms with Gasteiger partial charge in [-0.1, -0.05) is 213 Å². The Labute approximate surface area is 758 Å². The number of benzene rings is 8. The molecule has 20 atom stereocenters. The van der Waals surface area contributed by atoms with Gasteiger partial charge in [-0.25, -0.2) is 0 Å². The van der Waals surface area contributed by atoms with E-state index in [1.807, 2.05) is 12.1 Å². The summed E-state index contributed by atoms with van der Waals surface area (Å²) in [5.41, 5.74) is 8.25. The van der Waals surface area contributed by atoms with Crippen LogP contribution in [-0.4, -0.2) is 272 Å². The third-order valence-corrected chi connectivity index (χ3v) is 26.4. The number of rotatable bonds is 33. The summed E-state index contributed by atoms with van der Waals surface area (Å²) >= 11 is 4.44. The van der Waals surface area contributed by atoms with Crippen LogP contribution in [0.15, 0.2) is 204 Å². The van der Waals surface area contributed by atoms with Gasteiger partial charge in [-0.05, 0) is 108 Å². The van der Waals surface area contributed by atoms with E-state index in [-0.39, 0.29) is 42.3 Å². The monoisotopic (exact) mass is 1980 g/mol. The summed E-state index contributed by atoms with van der Waals surface area (Å²) in [6.07, 6.45) is -24.4. The maximum Gasteiger partial charge on any atom is -0.0195 e. The molecule has 0 spiro atoms. The van der Waals surface area contributed by atoms with Gasteiger partial charge in [-0.15, -0.1) is 59.7 Å². The Morgan fingerprint density at radius 2 is 0.629 bits per heavy atom. The van der Waals surface area contributed by atoms with Crippen LogP contribution in [0.4, 0.5) is 11.4 Å². The van der Waals surface area contributed by atoms with Crippen LogP contribution in [0.1, 0.15) is 112 Å². The summed E-state index contributed by atoms with van der Waals surface area (Å²) in [4.78, 5) is 9.61. The number of hydrogen-bond donors (Lipinski definition) is 14. The van der Waals surface area contributed by atoms with Crippen molar-refractivity contribution in [1.82, 2.24) is 0 Å². The van der Waals surface area contributed by atoms with Crippen molar-refractivity contribution in [2.75, 3.05) is 65.2 Å². The number of nitrogens with zero attached hydrogens (tertiary/aromatic N) is 2. The summed E-state index contributed by atoms with van der Waals surface area (Å²) in [5.74, 6) is 2.37. The van der Waals surface area contributed by atoms with Crippen molar-refractivity contribution in [3.05, 3.63) is 240 Å². The molecule has 8 aromatic carbocycles. The van der Waals surface area contributed by atoms with Crippen molar-refractivity contribution < 1.29 is 155 Å². The molecule has 4 aliphatic heterocycles. The molecule has 0 radical (unpaired) electrons. The minimum Gasteiger partial charge on any atom is -0.0622 e. The van der Waals surface area contributed by atoms with Crippen LogP contribution in [0.2, 0.25) is 0 Å². The zero-order valence-electron chi connectivity index (χ0n) is 70.1. The van der Waals surface area contributed by atoms with Gasteiger partial charge in [0.05, 0.1) is 64.2 Å². The quantitative estimate of drug-likeness (QED) is 0.00617. The van der Waals surface area contributed by atoms with Crippen molar-refractivity contribution in [3.8, 4) is 11.5 Å². The second kappa shape index (κ2) is 53.7. The average molecular weight is 1980 g/mol. The summed E-state index contributed by atoms with van der Waals surface area (Å²) in [6, 6.07) is 73.6. The molecule has 0 amide bonds. The molecule has 0 saturated carbocycles. The molecular formula is C92H116Cl2N2O24P2Pd2. The molecule has 26 nitrogen and oxygen atoms in total. The Kier molecular flexibility index (Phi) is 45.0. The smallest absolute Gasteiger partial charge is 0.0195 e. The van der Waals surface area contributed by atoms with Crippen LogP contribution < -0.4 is 30.7 Å². The minimum atomic E-state index is -1.74. The van der Waals surface area contributed by atoms with E-state index in [0.717, 1.165) is 22.5 Å². The Morgan fingerprint density at radius 3 is 0.895 bits per heavy atom. The molecule has 4 fully saturated rings. The molecule has 4 aliphatic rings. The van der Waals surface area contributed by atoms with Gasteiger partial charge in [0.15, 0.2) is 25.2 Å². The summed E-state index contributed by atoms with van der Waals surface area (Å²) in [5, 5.41) is 148. The first-order chi connectivity index (χ1) is 59.8. The largest absolute Gasteiger partial charge is 0.0622 e. The van der Waals surface area contributed by atoms with E-state index in [0.29, 0.717) is 35.2 Å². The molecule has 8 aromatic rings. The van der Waals surface area contributed by atoms with Crippen molar-refractivity contribution in [1.29, 1.82) is 0 Å². The standard InChI is InChI=1S/2C33H46NO12.C26H24P2.2ClH.2Pd/c2*1-17(2)21-6-5-7-22(18(3)4)25(21)34-14-19-8-10-20(11-9-19)42-12-13-43-32-30(41)28(39)31(24(16-36)45-32)46-33-29(40)27(38)26(37)23(15-35)44-33;1-5-13-23(14-6-1)27(24-15-7-2-8-16-24)21-22-28(25-17-9-3-10-18-25)26-19-11-4-12-20-26;;;;/h2*5-8,10-11,14,17-18,23-24,26-33,35-41H,12-13,15-16H2,1-4H3;1-20H,21-22H2;2*1H;;/q2*-1;;;;2*+2/p-2/t23?,24?,26-,27?,28?,29-,30-,31+,32+,33-;23?,24?,26-,27-,28+,29?,30?,31+,32+,33-;;;;;/m10...../s1. The number of aliphatic hydroxyl groups is 14. The first-order valence-electron chi connectivity index (χ1n) is 40.9. The van der Waals surface area contributed by atoms with Gasteiger partial charge in [0.25, 0.3) is 0 Å². The molecular weight excluding hydrogens is 1860 g/mol. The van der Waals surface area contributed by atoms with Crippen molar-refractivity contribution >= 4 is 79.9 Å². The van der Waals surface area contributed by atoms with E-state index in [4.69, 9.17) is 57.4 Å². The first-order valence-corrected chi connectivity index (χ1v) is 47.9. The van der Waals surface area contributed by atoms with Crippen LogP contribution >= 0.6 is 34.9 Å². The molecule has 124 heavy (non-hydrogen) atoms. The maximum atomic E-state index is 10.7. The second-order valence-corrected chi connectivity index (χ2v) is 35.4. The number of aliphatic hydroxyl groups excluding tert-OH is 14. The molecule has 14 N–H and O–H groups in total. The summed E-state index contributed by atoms with van der Waals surface area (Å²) in [6.45, 7) is 14.5. The summed E-state index contributed by atoms with van der Waals surface area (Å²) < 4.78 is 55.5. The SMILES string of the molecule is CC(C)c1cccc(C(C)C)c1N=Cc1[c-]cc(OCCO[C@@H]2OC(CO)[C@@H](O[C@@H]3OC(CO)[C@H](O)[C@H](O)C3O)[C@H](O)C2O)cc1.CC(C)c1cccc(C(C)C)c1N=Cc1[c-]cc(OCCO[C@H]2OC(CO)[C@H](O[C@H]3OC(CO)[C@@H](O)C(O)[C@H]3O)C(O)[C@H]2O)cc1.[Cl][Pd+].[Cl][Pd+].c1ccc(P(CCP(c2ccccc2)c2ccccc2)c2ccccc2)cc1. The molecule has 8 unspecified atom stereocenters. The van der Waals surface area contributed by atoms with Crippen LogP contribution in [0.25, 0.3) is 0 Å². The fraction of sp³-hybridized carbons (Fsp3) is 0.457. The Morgan fingerprint density at radius 1 is 0.347 bits per heavy atom. The van der Waals surface area contributed by atoms with E-state index in [2.05, 4.69) is 281 Å². The molecule has 682 valence electrons. The van der Waals surface area contributed by atoms with Gasteiger partial charge in [0, 0.05) is 11.5 Å². The van der Waals surface area contributed by atoms with Crippen molar-refractivity contribution in [2.24, 2.45) is 9.98 Å². The molecule has 0 bridgehead atoms.